The zero-order valence-corrected chi connectivity index (χ0v) is 6.88. The van der Waals surface area contributed by atoms with E-state index in [9.17, 15) is 0 Å². The summed E-state index contributed by atoms with van der Waals surface area (Å²) in [5, 5.41) is 0. The minimum absolute atomic E-state index is 0. The van der Waals surface area contributed by atoms with Gasteiger partial charge in [-0.2, -0.15) is 13.8 Å². The summed E-state index contributed by atoms with van der Waals surface area (Å²) in [4.78, 5) is 0. The van der Waals surface area contributed by atoms with Crippen molar-refractivity contribution in [2.24, 2.45) is 0 Å². The van der Waals surface area contributed by atoms with E-state index < -0.39 is 0 Å². The predicted octanol–water partition coefficient (Wildman–Crippen LogP) is 1.99. The zero-order chi connectivity index (χ0) is 3.58. The average molecular weight is 220 g/mol. The molecule has 0 spiro atoms. The first-order valence-corrected chi connectivity index (χ1v) is 2.27. The van der Waals surface area contributed by atoms with Crippen LogP contribution < -0.4 is 0 Å². The summed E-state index contributed by atoms with van der Waals surface area (Å²) in [7, 11) is 0. The molecular formula is C3H6IV-. The number of hydrogen-bond acceptors (Lipinski definition) is 0. The Labute approximate surface area is 58.7 Å². The molecule has 2 heteroatoms. The van der Waals surface area contributed by atoms with Crippen molar-refractivity contribution in [2.45, 2.75) is 13.8 Å². The fourth-order valence-electron chi connectivity index (χ4n) is 0. The van der Waals surface area contributed by atoms with Gasteiger partial charge >= 0.3 is 0 Å². The summed E-state index contributed by atoms with van der Waals surface area (Å²) < 4.78 is 1.39. The van der Waals surface area contributed by atoms with Crippen LogP contribution in [0.2, 0.25) is 0 Å². The molecule has 0 unspecified atom stereocenters. The molecule has 0 heterocycles. The van der Waals surface area contributed by atoms with Crippen LogP contribution in [-0.2, 0) is 18.6 Å². The van der Waals surface area contributed by atoms with Gasteiger partial charge in [0.05, 0.1) is 0 Å². The van der Waals surface area contributed by atoms with E-state index in [1.165, 1.54) is 3.92 Å². The third-order valence-corrected chi connectivity index (χ3v) is 0. The molecule has 0 bridgehead atoms. The molecule has 0 aliphatic carbocycles. The largest absolute Gasteiger partial charge is 0.313 e. The zero-order valence-electron chi connectivity index (χ0n) is 3.33. The summed E-state index contributed by atoms with van der Waals surface area (Å²) in [6.07, 6.45) is 0. The van der Waals surface area contributed by atoms with Gasteiger partial charge in [-0.1, -0.05) is 0 Å². The van der Waals surface area contributed by atoms with E-state index in [1.807, 2.05) is 0 Å². The monoisotopic (exact) mass is 220 g/mol. The third-order valence-electron chi connectivity index (χ3n) is 0. The first-order valence-electron chi connectivity index (χ1n) is 1.19. The normalized spacial score (nSPS) is 7.20. The van der Waals surface area contributed by atoms with E-state index in [0.29, 0.717) is 0 Å². The molecule has 0 N–H and O–H groups in total. The molecule has 0 amide bonds. The molecular weight excluding hydrogens is 214 g/mol. The molecule has 0 atom stereocenters. The van der Waals surface area contributed by atoms with Crippen molar-refractivity contribution in [1.29, 1.82) is 0 Å². The van der Waals surface area contributed by atoms with Crippen LogP contribution in [0.3, 0.4) is 0 Å². The number of halogens is 1. The molecule has 0 aliphatic heterocycles. The van der Waals surface area contributed by atoms with Crippen molar-refractivity contribution >= 4 is 22.6 Å². The van der Waals surface area contributed by atoms with Crippen molar-refractivity contribution in [3.8, 4) is 0 Å². The maximum atomic E-state index is 2.26. The van der Waals surface area contributed by atoms with Crippen LogP contribution in [0.1, 0.15) is 13.8 Å². The second-order valence-corrected chi connectivity index (χ2v) is 3.04. The molecule has 0 aliphatic rings. The van der Waals surface area contributed by atoms with E-state index >= 15 is 0 Å². The standard InChI is InChI=1S/C3H6I.V/c1-3(2)4;/h1-2H3;/q-1;. The van der Waals surface area contributed by atoms with Crippen molar-refractivity contribution < 1.29 is 18.6 Å². The average Bonchev–Trinajstić information content (AvgIpc) is 0.811. The Morgan fingerprint density at radius 1 is 1.40 bits per heavy atom. The van der Waals surface area contributed by atoms with Crippen LogP contribution in [0, 0.1) is 3.92 Å². The van der Waals surface area contributed by atoms with Crippen molar-refractivity contribution in [3.05, 3.63) is 3.92 Å². The Balaban J connectivity index is 0. The molecule has 0 rings (SSSR count). The van der Waals surface area contributed by atoms with Crippen LogP contribution in [0.5, 0.6) is 0 Å². The van der Waals surface area contributed by atoms with Gasteiger partial charge in [-0.3, -0.25) is 3.92 Å². The van der Waals surface area contributed by atoms with Crippen molar-refractivity contribution in [3.63, 3.8) is 0 Å². The summed E-state index contributed by atoms with van der Waals surface area (Å²) in [6.45, 7) is 4.14. The van der Waals surface area contributed by atoms with Gasteiger partial charge in [-0.05, 0) is 0 Å². The maximum absolute atomic E-state index is 2.26. The van der Waals surface area contributed by atoms with Crippen LogP contribution in [-0.4, -0.2) is 0 Å². The number of rotatable bonds is 0. The molecule has 0 nitrogen and oxygen atoms in total. The Morgan fingerprint density at radius 3 is 1.40 bits per heavy atom. The van der Waals surface area contributed by atoms with Gasteiger partial charge in [0.2, 0.25) is 0 Å². The molecule has 0 aromatic rings. The van der Waals surface area contributed by atoms with Gasteiger partial charge in [0, 0.05) is 18.6 Å². The van der Waals surface area contributed by atoms with Gasteiger partial charge in [0.15, 0.2) is 0 Å². The minimum Gasteiger partial charge on any atom is -0.313 e. The molecule has 0 fully saturated rings. The maximum Gasteiger partial charge on any atom is 0 e. The quantitative estimate of drug-likeness (QED) is 0.432. The van der Waals surface area contributed by atoms with Crippen LogP contribution in [0.15, 0.2) is 0 Å². The smallest absolute Gasteiger partial charge is 0 e. The molecule has 31 valence electrons. The third kappa shape index (κ3) is 33.8. The Morgan fingerprint density at radius 2 is 1.40 bits per heavy atom. The van der Waals surface area contributed by atoms with Crippen molar-refractivity contribution in [2.75, 3.05) is 0 Å². The van der Waals surface area contributed by atoms with Crippen molar-refractivity contribution in [1.82, 2.24) is 0 Å². The molecule has 0 aromatic heterocycles. The second-order valence-electron chi connectivity index (χ2n) is 0.878. The van der Waals surface area contributed by atoms with E-state index in [-0.39, 0.29) is 18.6 Å². The van der Waals surface area contributed by atoms with E-state index in [4.69, 9.17) is 0 Å². The summed E-state index contributed by atoms with van der Waals surface area (Å²) >= 11 is 2.26. The molecule has 0 aromatic carbocycles. The molecule has 0 saturated heterocycles. The fraction of sp³-hybridized carbons (Fsp3) is 0.667. The second kappa shape index (κ2) is 5.31. The SMILES string of the molecule is C[C-](C)I.[V]. The van der Waals surface area contributed by atoms with Gasteiger partial charge in [-0.15, -0.1) is 0 Å². The Hall–Kier alpha value is 1.31. The molecule has 0 saturated carbocycles. The van der Waals surface area contributed by atoms with Crippen LogP contribution in [0.4, 0.5) is 0 Å². The minimum atomic E-state index is 0. The number of hydrogen-bond donors (Lipinski definition) is 0. The van der Waals surface area contributed by atoms with Gasteiger partial charge in [0.1, 0.15) is 0 Å². The van der Waals surface area contributed by atoms with Gasteiger partial charge in [0.25, 0.3) is 0 Å². The summed E-state index contributed by atoms with van der Waals surface area (Å²) in [5.41, 5.74) is 0. The van der Waals surface area contributed by atoms with Gasteiger partial charge in [-0.25, -0.2) is 0 Å². The predicted molar refractivity (Wildman–Crippen MR) is 28.6 cm³/mol. The Kier molecular flexibility index (Phi) is 10.2. The fourth-order valence-corrected chi connectivity index (χ4v) is 0. The molecule has 5 heavy (non-hydrogen) atoms. The summed E-state index contributed by atoms with van der Waals surface area (Å²) in [6, 6.07) is 0. The summed E-state index contributed by atoms with van der Waals surface area (Å²) in [5.74, 6) is 0. The van der Waals surface area contributed by atoms with Gasteiger partial charge < -0.3 is 22.6 Å². The first-order chi connectivity index (χ1) is 1.73. The first kappa shape index (κ1) is 9.58. The Bertz CT molecular complexity index is 11.6. The van der Waals surface area contributed by atoms with E-state index in [0.717, 1.165) is 0 Å². The topological polar surface area (TPSA) is 0 Å². The van der Waals surface area contributed by atoms with Crippen LogP contribution in [0.25, 0.3) is 0 Å². The van der Waals surface area contributed by atoms with E-state index in [1.54, 1.807) is 0 Å². The van der Waals surface area contributed by atoms with Crippen LogP contribution >= 0.6 is 22.6 Å². The molecule has 1 radical (unpaired) electrons. The van der Waals surface area contributed by atoms with E-state index in [2.05, 4.69) is 36.4 Å².